The van der Waals surface area contributed by atoms with Crippen molar-refractivity contribution in [3.05, 3.63) is 81.5 Å². The van der Waals surface area contributed by atoms with Gasteiger partial charge in [0.25, 0.3) is 0 Å². The van der Waals surface area contributed by atoms with Crippen molar-refractivity contribution in [2.75, 3.05) is 27.3 Å². The van der Waals surface area contributed by atoms with Crippen LogP contribution in [0.2, 0.25) is 5.02 Å². The molecule has 0 saturated carbocycles. The van der Waals surface area contributed by atoms with E-state index in [1.807, 2.05) is 24.3 Å². The molecule has 3 aromatic heterocycles. The molecule has 0 spiro atoms. The highest BCUT2D eigenvalue weighted by Gasteiger charge is 2.39. The fourth-order valence-electron chi connectivity index (χ4n) is 6.60. The monoisotopic (exact) mass is 740 g/mol. The van der Waals surface area contributed by atoms with Gasteiger partial charge in [-0.1, -0.05) is 35.9 Å². The zero-order valence-corrected chi connectivity index (χ0v) is 29.7. The number of aliphatic hydroxyl groups is 1. The molecule has 1 saturated heterocycles. The van der Waals surface area contributed by atoms with E-state index in [-0.39, 0.29) is 36.5 Å². The van der Waals surface area contributed by atoms with Crippen LogP contribution in [0, 0.1) is 0 Å². The maximum atomic E-state index is 14.3. The molecule has 1 aliphatic carbocycles. The standard InChI is InChI=1S/C37H40ClF3N6O5/c1-20(48)16-42-18-22-15-28(37(39,40)41)36(47-35(22)51-3)52-30-11-9-24-25(30)5-4-6-26(24)33-32(38)27(13-14-44-33)29-10-7-21(34(46-29)50-2)17-43-19-23-8-12-31(49)45-23/h4-7,10,13-15,20,23,30,42-43,48H,8-9,11-12,16-19H2,1-3H3,(H,45,49)/t20?,23-,30+/m0/s1. The number of nitrogens with one attached hydrogen (secondary N) is 3. The molecular weight excluding hydrogens is 701 g/mol. The molecule has 4 heterocycles. The number of ether oxygens (including phenoxy) is 3. The summed E-state index contributed by atoms with van der Waals surface area (Å²) >= 11 is 7.03. The number of benzene rings is 1. The van der Waals surface area contributed by atoms with Gasteiger partial charge in [-0.3, -0.25) is 9.78 Å². The average molecular weight is 741 g/mol. The molecule has 1 amide bonds. The number of aromatic nitrogens is 3. The number of fused-ring (bicyclic) bond motifs is 1. The van der Waals surface area contributed by atoms with E-state index < -0.39 is 29.8 Å². The summed E-state index contributed by atoms with van der Waals surface area (Å²) in [7, 11) is 2.88. The van der Waals surface area contributed by atoms with Gasteiger partial charge in [-0.2, -0.15) is 18.2 Å². The normalized spacial score (nSPS) is 17.5. The van der Waals surface area contributed by atoms with E-state index in [0.717, 1.165) is 29.2 Å². The Morgan fingerprint density at radius 1 is 0.981 bits per heavy atom. The molecule has 6 rings (SSSR count). The average Bonchev–Trinajstić information content (AvgIpc) is 3.73. The van der Waals surface area contributed by atoms with Gasteiger partial charge in [0.15, 0.2) is 0 Å². The lowest BCUT2D eigenvalue weighted by molar-refractivity contribution is -0.139. The summed E-state index contributed by atoms with van der Waals surface area (Å²) in [6.45, 7) is 2.90. The topological polar surface area (TPSA) is 140 Å². The molecule has 1 unspecified atom stereocenters. The number of hydrogen-bond donors (Lipinski definition) is 4. The fourth-order valence-corrected chi connectivity index (χ4v) is 6.91. The van der Waals surface area contributed by atoms with Crippen LogP contribution < -0.4 is 30.2 Å². The van der Waals surface area contributed by atoms with Crippen molar-refractivity contribution in [1.82, 2.24) is 30.9 Å². The molecule has 1 aromatic carbocycles. The molecule has 0 bridgehead atoms. The molecule has 11 nitrogen and oxygen atoms in total. The number of hydrogen-bond acceptors (Lipinski definition) is 10. The first kappa shape index (κ1) is 37.3. The van der Waals surface area contributed by atoms with Gasteiger partial charge < -0.3 is 35.3 Å². The van der Waals surface area contributed by atoms with Crippen LogP contribution in [0.4, 0.5) is 13.2 Å². The van der Waals surface area contributed by atoms with Crippen LogP contribution in [-0.2, 0) is 30.5 Å². The van der Waals surface area contributed by atoms with E-state index in [4.69, 9.17) is 30.8 Å². The summed E-state index contributed by atoms with van der Waals surface area (Å²) in [4.78, 5) is 25.0. The number of methoxy groups -OCH3 is 2. The summed E-state index contributed by atoms with van der Waals surface area (Å²) in [5.41, 5.74) is 4.05. The highest BCUT2D eigenvalue weighted by Crippen LogP contribution is 2.45. The van der Waals surface area contributed by atoms with Crippen molar-refractivity contribution in [1.29, 1.82) is 0 Å². The number of carbonyl (C=O) groups excluding carboxylic acids is 1. The highest BCUT2D eigenvalue weighted by molar-refractivity contribution is 6.35. The summed E-state index contributed by atoms with van der Waals surface area (Å²) in [6.07, 6.45) is -2.24. The molecular formula is C37H40ClF3N6O5. The predicted molar refractivity (Wildman–Crippen MR) is 188 cm³/mol. The van der Waals surface area contributed by atoms with Crippen molar-refractivity contribution in [3.8, 4) is 40.2 Å². The van der Waals surface area contributed by atoms with Gasteiger partial charge in [0.05, 0.1) is 36.7 Å². The van der Waals surface area contributed by atoms with Gasteiger partial charge in [-0.05, 0) is 55.5 Å². The van der Waals surface area contributed by atoms with Gasteiger partial charge in [-0.15, -0.1) is 0 Å². The van der Waals surface area contributed by atoms with Gasteiger partial charge in [0, 0.05) is 67.1 Å². The van der Waals surface area contributed by atoms with Crippen molar-refractivity contribution in [2.24, 2.45) is 0 Å². The minimum Gasteiger partial charge on any atom is -0.481 e. The van der Waals surface area contributed by atoms with Crippen molar-refractivity contribution < 1.29 is 37.3 Å². The van der Waals surface area contributed by atoms with Crippen LogP contribution in [0.15, 0.2) is 48.7 Å². The Labute approximate surface area is 304 Å². The Hall–Kier alpha value is -4.50. The largest absolute Gasteiger partial charge is 0.481 e. The lowest BCUT2D eigenvalue weighted by Gasteiger charge is -2.21. The van der Waals surface area contributed by atoms with Crippen LogP contribution in [0.25, 0.3) is 22.5 Å². The maximum absolute atomic E-state index is 14.3. The van der Waals surface area contributed by atoms with Gasteiger partial charge >= 0.3 is 6.18 Å². The lowest BCUT2D eigenvalue weighted by atomic mass is 9.98. The number of alkyl halides is 3. The van der Waals surface area contributed by atoms with Crippen LogP contribution in [-0.4, -0.2) is 65.4 Å². The van der Waals surface area contributed by atoms with E-state index in [0.29, 0.717) is 65.8 Å². The molecule has 4 aromatic rings. The smallest absolute Gasteiger partial charge is 0.421 e. The zero-order valence-electron chi connectivity index (χ0n) is 28.9. The number of amides is 1. The van der Waals surface area contributed by atoms with E-state index in [2.05, 4.69) is 25.9 Å². The van der Waals surface area contributed by atoms with Gasteiger partial charge in [0.2, 0.25) is 23.5 Å². The minimum absolute atomic E-state index is 0.00513. The first-order chi connectivity index (χ1) is 25.0. The highest BCUT2D eigenvalue weighted by atomic mass is 35.5. The Kier molecular flexibility index (Phi) is 11.5. The minimum atomic E-state index is -4.74. The molecule has 2 aliphatic rings. The quantitative estimate of drug-likeness (QED) is 0.126. The summed E-state index contributed by atoms with van der Waals surface area (Å²) in [6, 6.07) is 12.1. The number of pyridine rings is 3. The molecule has 15 heteroatoms. The molecule has 1 fully saturated rings. The maximum Gasteiger partial charge on any atom is 0.421 e. The Morgan fingerprint density at radius 3 is 2.46 bits per heavy atom. The van der Waals surface area contributed by atoms with Gasteiger partial charge in [-0.25, -0.2) is 4.98 Å². The molecule has 1 aliphatic heterocycles. The van der Waals surface area contributed by atoms with Crippen molar-refractivity contribution in [3.63, 3.8) is 0 Å². The van der Waals surface area contributed by atoms with E-state index in [9.17, 15) is 23.1 Å². The van der Waals surface area contributed by atoms with Crippen LogP contribution in [0.3, 0.4) is 0 Å². The third kappa shape index (κ3) is 8.25. The number of halogens is 4. The van der Waals surface area contributed by atoms with E-state index >= 15 is 0 Å². The molecule has 52 heavy (non-hydrogen) atoms. The third-order valence-corrected chi connectivity index (χ3v) is 9.48. The molecule has 276 valence electrons. The Morgan fingerprint density at radius 2 is 1.75 bits per heavy atom. The first-order valence-corrected chi connectivity index (χ1v) is 17.4. The molecule has 0 radical (unpaired) electrons. The summed E-state index contributed by atoms with van der Waals surface area (Å²) < 4.78 is 59.9. The number of carbonyl (C=O) groups is 1. The number of nitrogens with zero attached hydrogens (tertiary/aromatic N) is 3. The summed E-state index contributed by atoms with van der Waals surface area (Å²) in [5.74, 6) is -0.0810. The summed E-state index contributed by atoms with van der Waals surface area (Å²) in [5, 5.41) is 19.1. The van der Waals surface area contributed by atoms with Crippen LogP contribution >= 0.6 is 11.6 Å². The zero-order chi connectivity index (χ0) is 37.0. The van der Waals surface area contributed by atoms with Crippen LogP contribution in [0.1, 0.15) is 60.1 Å². The third-order valence-electron chi connectivity index (χ3n) is 9.09. The second-order valence-corrected chi connectivity index (χ2v) is 13.2. The Balaban J connectivity index is 1.25. The van der Waals surface area contributed by atoms with E-state index in [1.165, 1.54) is 7.11 Å². The van der Waals surface area contributed by atoms with Crippen LogP contribution in [0.5, 0.6) is 17.6 Å². The first-order valence-electron chi connectivity index (χ1n) is 17.0. The molecule has 4 N–H and O–H groups in total. The van der Waals surface area contributed by atoms with Crippen molar-refractivity contribution in [2.45, 2.75) is 70.1 Å². The number of rotatable bonds is 14. The van der Waals surface area contributed by atoms with E-state index in [1.54, 1.807) is 32.4 Å². The van der Waals surface area contributed by atoms with Gasteiger partial charge in [0.1, 0.15) is 11.7 Å². The van der Waals surface area contributed by atoms with Crippen molar-refractivity contribution >= 4 is 17.5 Å². The lowest BCUT2D eigenvalue weighted by Crippen LogP contribution is -2.35. The fraction of sp³-hybridized carbons (Fsp3) is 0.405. The Bertz CT molecular complexity index is 1930. The SMILES string of the molecule is COc1nc(-c2ccnc(-c3cccc4c3CC[C@H]4Oc3nc(OC)c(CNCC(C)O)cc3C(F)(F)F)c2Cl)ccc1CNC[C@@H]1CCC(=O)N1. The predicted octanol–water partition coefficient (Wildman–Crippen LogP) is 5.80. The second-order valence-electron chi connectivity index (χ2n) is 12.8. The second kappa shape index (κ2) is 16.0. The number of aliphatic hydroxyl groups excluding tert-OH is 1. The molecule has 3 atom stereocenters.